The van der Waals surface area contributed by atoms with Crippen molar-refractivity contribution in [3.05, 3.63) is 40.4 Å². The predicted octanol–water partition coefficient (Wildman–Crippen LogP) is 4.47. The lowest BCUT2D eigenvalue weighted by atomic mass is 9.70. The summed E-state index contributed by atoms with van der Waals surface area (Å²) in [4.78, 5) is 30.6. The average Bonchev–Trinajstić information content (AvgIpc) is 2.79. The van der Waals surface area contributed by atoms with Crippen LogP contribution in [0.1, 0.15) is 48.7 Å². The molecular formula is C19H21NO2S. The van der Waals surface area contributed by atoms with Gasteiger partial charge in [-0.3, -0.25) is 9.59 Å². The molecule has 3 nitrogen and oxygen atoms in total. The zero-order chi connectivity index (χ0) is 16.8. The SMILES string of the molecule is Cc1ccc(-c2nc(C3C(=O)CC(C)(C)CC3=O)c(C)s2)cc1. The highest BCUT2D eigenvalue weighted by atomic mass is 32.1. The summed E-state index contributed by atoms with van der Waals surface area (Å²) in [6.07, 6.45) is 0.889. The molecule has 1 aromatic heterocycles. The Morgan fingerprint density at radius 3 is 2.17 bits per heavy atom. The molecule has 1 heterocycles. The Morgan fingerprint density at radius 1 is 1.04 bits per heavy atom. The number of nitrogens with zero attached hydrogens (tertiary/aromatic N) is 1. The lowest BCUT2D eigenvalue weighted by Gasteiger charge is -2.31. The number of aryl methyl sites for hydroxylation is 2. The van der Waals surface area contributed by atoms with Crippen molar-refractivity contribution in [3.8, 4) is 10.6 Å². The van der Waals surface area contributed by atoms with Gasteiger partial charge in [0, 0.05) is 23.3 Å². The Balaban J connectivity index is 1.97. The van der Waals surface area contributed by atoms with Gasteiger partial charge in [-0.15, -0.1) is 11.3 Å². The highest BCUT2D eigenvalue weighted by molar-refractivity contribution is 7.15. The standard InChI is InChI=1S/C19H21NO2S/c1-11-5-7-13(8-6-11)18-20-17(12(2)23-18)16-14(21)9-19(3,4)10-15(16)22/h5-8,16H,9-10H2,1-4H3. The normalized spacial score (nSPS) is 18.4. The molecule has 1 saturated carbocycles. The minimum Gasteiger partial charge on any atom is -0.298 e. The number of Topliss-reactive ketones (excluding diaryl/α,β-unsaturated/α-hetero) is 2. The lowest BCUT2D eigenvalue weighted by Crippen LogP contribution is -2.36. The fourth-order valence-electron chi connectivity index (χ4n) is 3.19. The summed E-state index contributed by atoms with van der Waals surface area (Å²) >= 11 is 1.56. The third-order valence-corrected chi connectivity index (χ3v) is 5.39. The van der Waals surface area contributed by atoms with Crippen molar-refractivity contribution in [3.63, 3.8) is 0 Å². The molecule has 0 saturated heterocycles. The predicted molar refractivity (Wildman–Crippen MR) is 92.8 cm³/mol. The van der Waals surface area contributed by atoms with Crippen LogP contribution in [-0.4, -0.2) is 16.6 Å². The van der Waals surface area contributed by atoms with E-state index in [1.807, 2.05) is 52.0 Å². The van der Waals surface area contributed by atoms with Crippen LogP contribution >= 0.6 is 11.3 Å². The summed E-state index contributed by atoms with van der Waals surface area (Å²) in [5, 5.41) is 0.878. The number of aromatic nitrogens is 1. The molecule has 1 aliphatic carbocycles. The molecule has 3 rings (SSSR count). The Morgan fingerprint density at radius 2 is 1.61 bits per heavy atom. The summed E-state index contributed by atoms with van der Waals surface area (Å²) in [6, 6.07) is 8.16. The van der Waals surface area contributed by atoms with Crippen LogP contribution in [0.15, 0.2) is 24.3 Å². The monoisotopic (exact) mass is 327 g/mol. The van der Waals surface area contributed by atoms with Crippen LogP contribution in [-0.2, 0) is 9.59 Å². The second-order valence-electron chi connectivity index (χ2n) is 7.21. The van der Waals surface area contributed by atoms with Crippen LogP contribution in [0.25, 0.3) is 10.6 Å². The van der Waals surface area contributed by atoms with E-state index in [0.29, 0.717) is 18.5 Å². The molecule has 0 amide bonds. The van der Waals surface area contributed by atoms with E-state index in [2.05, 4.69) is 4.98 Å². The quantitative estimate of drug-likeness (QED) is 0.765. The summed E-state index contributed by atoms with van der Waals surface area (Å²) in [5.41, 5.74) is 2.66. The van der Waals surface area contributed by atoms with Crippen LogP contribution in [0.2, 0.25) is 0 Å². The molecule has 0 N–H and O–H groups in total. The smallest absolute Gasteiger partial charge is 0.149 e. The van der Waals surface area contributed by atoms with Crippen molar-refractivity contribution in [2.75, 3.05) is 0 Å². The molecule has 4 heteroatoms. The molecule has 0 unspecified atom stereocenters. The van der Waals surface area contributed by atoms with E-state index in [0.717, 1.165) is 15.4 Å². The number of benzene rings is 1. The van der Waals surface area contributed by atoms with Gasteiger partial charge in [-0.05, 0) is 19.3 Å². The highest BCUT2D eigenvalue weighted by Crippen LogP contribution is 2.40. The van der Waals surface area contributed by atoms with Crippen LogP contribution < -0.4 is 0 Å². The van der Waals surface area contributed by atoms with Crippen LogP contribution in [0.4, 0.5) is 0 Å². The Kier molecular flexibility index (Phi) is 3.96. The van der Waals surface area contributed by atoms with Crippen molar-refractivity contribution in [1.29, 1.82) is 0 Å². The Labute approximate surface area is 140 Å². The zero-order valence-corrected chi connectivity index (χ0v) is 14.8. The minimum atomic E-state index is -0.668. The van der Waals surface area contributed by atoms with Crippen molar-refractivity contribution >= 4 is 22.9 Å². The van der Waals surface area contributed by atoms with E-state index < -0.39 is 5.92 Å². The van der Waals surface area contributed by atoms with Crippen molar-refractivity contribution in [2.45, 2.75) is 46.5 Å². The van der Waals surface area contributed by atoms with Crippen LogP contribution in [0, 0.1) is 19.3 Å². The highest BCUT2D eigenvalue weighted by Gasteiger charge is 2.42. The van der Waals surface area contributed by atoms with Crippen molar-refractivity contribution in [2.24, 2.45) is 5.41 Å². The Hall–Kier alpha value is -1.81. The Bertz CT molecular complexity index is 751. The summed E-state index contributed by atoms with van der Waals surface area (Å²) in [5.74, 6) is -0.649. The molecule has 23 heavy (non-hydrogen) atoms. The van der Waals surface area contributed by atoms with Gasteiger partial charge in [0.25, 0.3) is 0 Å². The van der Waals surface area contributed by atoms with E-state index in [1.54, 1.807) is 11.3 Å². The third-order valence-electron chi connectivity index (χ3n) is 4.35. The van der Waals surface area contributed by atoms with Crippen LogP contribution in [0.3, 0.4) is 0 Å². The topological polar surface area (TPSA) is 47.0 Å². The second kappa shape index (κ2) is 5.68. The van der Waals surface area contributed by atoms with Crippen LogP contribution in [0.5, 0.6) is 0 Å². The largest absolute Gasteiger partial charge is 0.298 e. The number of hydrogen-bond acceptors (Lipinski definition) is 4. The number of carbonyl (C=O) groups is 2. The van der Waals surface area contributed by atoms with Crippen molar-refractivity contribution in [1.82, 2.24) is 4.98 Å². The van der Waals surface area contributed by atoms with E-state index >= 15 is 0 Å². The van der Waals surface area contributed by atoms with E-state index in [9.17, 15) is 9.59 Å². The molecule has 0 aliphatic heterocycles. The minimum absolute atomic E-state index is 0.00936. The third kappa shape index (κ3) is 3.13. The molecule has 120 valence electrons. The maximum atomic E-state index is 12.5. The molecule has 0 atom stereocenters. The fourth-order valence-corrected chi connectivity index (χ4v) is 4.15. The lowest BCUT2D eigenvalue weighted by molar-refractivity contribution is -0.135. The van der Waals surface area contributed by atoms with Gasteiger partial charge in [0.15, 0.2) is 0 Å². The van der Waals surface area contributed by atoms with Crippen molar-refractivity contribution < 1.29 is 9.59 Å². The average molecular weight is 327 g/mol. The molecule has 0 spiro atoms. The maximum absolute atomic E-state index is 12.5. The number of rotatable bonds is 2. The first-order valence-electron chi connectivity index (χ1n) is 7.87. The second-order valence-corrected chi connectivity index (χ2v) is 8.41. The number of ketones is 2. The molecule has 0 bridgehead atoms. The van der Waals surface area contributed by atoms with Gasteiger partial charge in [-0.25, -0.2) is 4.98 Å². The maximum Gasteiger partial charge on any atom is 0.149 e. The first kappa shape index (κ1) is 16.1. The number of thiazole rings is 1. The molecular weight excluding hydrogens is 306 g/mol. The van der Waals surface area contributed by atoms with E-state index in [1.165, 1.54) is 5.56 Å². The number of hydrogen-bond donors (Lipinski definition) is 0. The molecule has 2 aromatic rings. The van der Waals surface area contributed by atoms with E-state index in [-0.39, 0.29) is 17.0 Å². The molecule has 1 aromatic carbocycles. The zero-order valence-electron chi connectivity index (χ0n) is 14.0. The van der Waals surface area contributed by atoms with E-state index in [4.69, 9.17) is 0 Å². The van der Waals surface area contributed by atoms with Gasteiger partial charge < -0.3 is 0 Å². The first-order chi connectivity index (χ1) is 10.8. The molecule has 1 fully saturated rings. The van der Waals surface area contributed by atoms with Gasteiger partial charge in [0.1, 0.15) is 22.5 Å². The summed E-state index contributed by atoms with van der Waals surface area (Å²) in [6.45, 7) is 7.95. The van der Waals surface area contributed by atoms with Gasteiger partial charge >= 0.3 is 0 Å². The summed E-state index contributed by atoms with van der Waals surface area (Å²) in [7, 11) is 0. The van der Waals surface area contributed by atoms with Gasteiger partial charge in [-0.1, -0.05) is 43.7 Å². The molecule has 1 aliphatic rings. The van der Waals surface area contributed by atoms with Gasteiger partial charge in [0.2, 0.25) is 0 Å². The summed E-state index contributed by atoms with van der Waals surface area (Å²) < 4.78 is 0. The van der Waals surface area contributed by atoms with Gasteiger partial charge in [0.05, 0.1) is 5.69 Å². The fraction of sp³-hybridized carbons (Fsp3) is 0.421. The first-order valence-corrected chi connectivity index (χ1v) is 8.68. The van der Waals surface area contributed by atoms with Gasteiger partial charge in [-0.2, -0.15) is 0 Å². The molecule has 0 radical (unpaired) electrons. The number of carbonyl (C=O) groups excluding carboxylic acids is 2.